The lowest BCUT2D eigenvalue weighted by Gasteiger charge is -2.36. The Bertz CT molecular complexity index is 2870. The number of ketones is 1. The number of nitrogens with one attached hydrogen (secondary N) is 3. The number of pyridine rings is 1. The number of hydrogen-bond acceptors (Lipinski definition) is 12. The summed E-state index contributed by atoms with van der Waals surface area (Å²) in [5, 5.41) is 6.69. The molecule has 0 spiro atoms. The molecule has 0 saturated carbocycles. The first-order valence-corrected chi connectivity index (χ1v) is 22.6. The highest BCUT2D eigenvalue weighted by atomic mass is 35.5. The van der Waals surface area contributed by atoms with Crippen molar-refractivity contribution in [3.63, 3.8) is 0 Å². The van der Waals surface area contributed by atoms with Crippen molar-refractivity contribution in [1.29, 1.82) is 0 Å². The van der Waals surface area contributed by atoms with Crippen LogP contribution in [-0.2, 0) is 16.1 Å². The Morgan fingerprint density at radius 2 is 1.71 bits per heavy atom. The predicted octanol–water partition coefficient (Wildman–Crippen LogP) is 6.39. The van der Waals surface area contributed by atoms with Gasteiger partial charge in [-0.2, -0.15) is 0 Å². The molecule has 0 bridgehead atoms. The van der Waals surface area contributed by atoms with E-state index in [0.717, 1.165) is 56.0 Å². The summed E-state index contributed by atoms with van der Waals surface area (Å²) in [5.74, 6) is 0.367. The number of anilines is 2. The smallest absolute Gasteiger partial charge is 0.255 e. The summed E-state index contributed by atoms with van der Waals surface area (Å²) in [6.45, 7) is 6.70. The van der Waals surface area contributed by atoms with Gasteiger partial charge in [0.1, 0.15) is 35.3 Å². The average molecular weight is 907 g/mol. The van der Waals surface area contributed by atoms with Gasteiger partial charge in [0.25, 0.3) is 11.8 Å². The predicted molar refractivity (Wildman–Crippen MR) is 247 cm³/mol. The number of carbonyl (C=O) groups is 5. The molecule has 4 aliphatic rings. The van der Waals surface area contributed by atoms with Crippen LogP contribution in [0.2, 0.25) is 5.02 Å². The largest absolute Gasteiger partial charge is 0.457 e. The lowest BCUT2D eigenvalue weighted by Crippen LogP contribution is -2.53. The Balaban J connectivity index is 0.737. The van der Waals surface area contributed by atoms with E-state index in [9.17, 15) is 24.0 Å². The van der Waals surface area contributed by atoms with E-state index >= 15 is 0 Å². The van der Waals surface area contributed by atoms with E-state index in [-0.39, 0.29) is 47.0 Å². The van der Waals surface area contributed by atoms with Crippen LogP contribution in [0.15, 0.2) is 97.6 Å². The lowest BCUT2D eigenvalue weighted by atomic mass is 10.0. The zero-order chi connectivity index (χ0) is 45.5. The van der Waals surface area contributed by atoms with Gasteiger partial charge in [0.05, 0.1) is 33.3 Å². The van der Waals surface area contributed by atoms with E-state index in [4.69, 9.17) is 21.3 Å². The molecule has 3 aromatic carbocycles. The maximum Gasteiger partial charge on any atom is 0.255 e. The number of amides is 4. The Morgan fingerprint density at radius 1 is 0.879 bits per heavy atom. The molecule has 6 aromatic rings. The van der Waals surface area contributed by atoms with Gasteiger partial charge in [0.2, 0.25) is 11.8 Å². The van der Waals surface area contributed by atoms with E-state index < -0.39 is 11.9 Å². The van der Waals surface area contributed by atoms with Gasteiger partial charge in [0.15, 0.2) is 5.78 Å². The molecule has 3 saturated heterocycles. The van der Waals surface area contributed by atoms with Crippen LogP contribution < -0.4 is 20.3 Å². The number of likely N-dealkylation sites (tertiary alicyclic amines) is 1. The third kappa shape index (κ3) is 8.44. The van der Waals surface area contributed by atoms with Gasteiger partial charge in [-0.05, 0) is 80.3 Å². The van der Waals surface area contributed by atoms with Crippen molar-refractivity contribution in [2.45, 2.75) is 57.3 Å². The van der Waals surface area contributed by atoms with E-state index in [1.54, 1.807) is 35.5 Å². The van der Waals surface area contributed by atoms with E-state index in [2.05, 4.69) is 35.4 Å². The van der Waals surface area contributed by atoms with Crippen molar-refractivity contribution in [2.75, 3.05) is 49.5 Å². The molecule has 4 amide bonds. The molecular formula is C49H47ClN10O6. The molecule has 0 aliphatic carbocycles. The van der Waals surface area contributed by atoms with Crippen molar-refractivity contribution in [1.82, 2.24) is 40.0 Å². The number of nitrogens with zero attached hydrogens (tertiary/aromatic N) is 7. The number of piperazine rings is 1. The fourth-order valence-electron chi connectivity index (χ4n) is 9.57. The molecule has 0 radical (unpaired) electrons. The number of benzene rings is 3. The average Bonchev–Trinajstić information content (AvgIpc) is 3.88. The second-order valence-electron chi connectivity index (χ2n) is 17.2. The Kier molecular flexibility index (Phi) is 11.7. The summed E-state index contributed by atoms with van der Waals surface area (Å²) >= 11 is 6.65. The monoisotopic (exact) mass is 906 g/mol. The number of rotatable bonds is 11. The standard InChI is InChI=1S/C49H47ClN10O6/c1-29-36-13-11-33(22-38(36)49(65)60(29)41-15-16-42(61)56-47(41)63)58-20-18-57(19-21-58)26-31-10-9-30(24-51-31)48(64)59-17-5-6-32(27-59)55-46-43-39(25-52-45(43)53-28-54-46)44(62)37-14-12-35(23-40(37)50)66-34-7-3-2-4-8-34/h2-4,7-14,22-25,28-29,32,41H,5-6,15-21,26-27H2,1H3,(H,56,61,63)(H2,52,53,54,55)/t29?,32-,41?/m1/s1. The van der Waals surface area contributed by atoms with Gasteiger partial charge >= 0.3 is 0 Å². The van der Waals surface area contributed by atoms with E-state index in [0.29, 0.717) is 76.7 Å². The number of para-hydroxylation sites is 1. The second-order valence-corrected chi connectivity index (χ2v) is 17.6. The molecule has 10 rings (SSSR count). The molecule has 7 heterocycles. The second kappa shape index (κ2) is 18.0. The zero-order valence-corrected chi connectivity index (χ0v) is 37.0. The minimum Gasteiger partial charge on any atom is -0.457 e. The third-order valence-corrected chi connectivity index (χ3v) is 13.4. The highest BCUT2D eigenvalue weighted by molar-refractivity contribution is 6.35. The Labute approximate surface area is 385 Å². The van der Waals surface area contributed by atoms with Gasteiger partial charge in [-0.25, -0.2) is 9.97 Å². The molecule has 17 heteroatoms. The molecule has 2 unspecified atom stereocenters. The summed E-state index contributed by atoms with van der Waals surface area (Å²) in [7, 11) is 0. The minimum absolute atomic E-state index is 0.101. The molecule has 3 N–H and O–H groups in total. The maximum absolute atomic E-state index is 13.9. The van der Waals surface area contributed by atoms with Crippen molar-refractivity contribution in [3.05, 3.63) is 136 Å². The van der Waals surface area contributed by atoms with Gasteiger partial charge in [-0.1, -0.05) is 35.9 Å². The third-order valence-electron chi connectivity index (χ3n) is 13.0. The van der Waals surface area contributed by atoms with Crippen LogP contribution in [0.4, 0.5) is 11.5 Å². The molecule has 3 fully saturated rings. The van der Waals surface area contributed by atoms with Crippen molar-refractivity contribution in [3.8, 4) is 11.5 Å². The number of aromatic nitrogens is 4. The highest BCUT2D eigenvalue weighted by Gasteiger charge is 2.43. The van der Waals surface area contributed by atoms with E-state index in [1.165, 1.54) is 6.33 Å². The molecule has 16 nitrogen and oxygen atoms in total. The fraction of sp³-hybridized carbons (Fsp3) is 0.306. The summed E-state index contributed by atoms with van der Waals surface area (Å²) in [5.41, 5.74) is 5.02. The minimum atomic E-state index is -0.660. The first-order valence-electron chi connectivity index (χ1n) is 22.3. The van der Waals surface area contributed by atoms with Crippen LogP contribution in [0.1, 0.15) is 86.5 Å². The summed E-state index contributed by atoms with van der Waals surface area (Å²) < 4.78 is 5.90. The van der Waals surface area contributed by atoms with Crippen molar-refractivity contribution < 1.29 is 28.7 Å². The molecule has 3 atom stereocenters. The van der Waals surface area contributed by atoms with E-state index in [1.807, 2.05) is 72.5 Å². The number of fused-ring (bicyclic) bond motifs is 2. The molecule has 3 aromatic heterocycles. The van der Waals surface area contributed by atoms with Crippen LogP contribution in [0.3, 0.4) is 0 Å². The summed E-state index contributed by atoms with van der Waals surface area (Å²) in [6.07, 6.45) is 6.84. The number of ether oxygens (including phenoxy) is 1. The zero-order valence-electron chi connectivity index (χ0n) is 36.2. The highest BCUT2D eigenvalue weighted by Crippen LogP contribution is 2.39. The fourth-order valence-corrected chi connectivity index (χ4v) is 9.83. The number of imide groups is 1. The molecule has 4 aliphatic heterocycles. The summed E-state index contributed by atoms with van der Waals surface area (Å²) in [6, 6.07) is 23.0. The van der Waals surface area contributed by atoms with Crippen LogP contribution in [-0.4, -0.2) is 115 Å². The number of hydrogen-bond donors (Lipinski definition) is 3. The van der Waals surface area contributed by atoms with Crippen molar-refractivity contribution in [2.24, 2.45) is 0 Å². The number of piperidine rings is 2. The van der Waals surface area contributed by atoms with Crippen LogP contribution in [0.25, 0.3) is 11.0 Å². The van der Waals surface area contributed by atoms with Gasteiger partial charge < -0.3 is 29.7 Å². The first-order chi connectivity index (χ1) is 32.1. The lowest BCUT2D eigenvalue weighted by molar-refractivity contribution is -0.137. The van der Waals surface area contributed by atoms with Crippen LogP contribution in [0, 0.1) is 0 Å². The quantitative estimate of drug-likeness (QED) is 0.0963. The van der Waals surface area contributed by atoms with Gasteiger partial charge in [0, 0.05) is 93.6 Å². The molecular weight excluding hydrogens is 860 g/mol. The van der Waals surface area contributed by atoms with Gasteiger partial charge in [-0.3, -0.25) is 39.2 Å². The normalized spacial score (nSPS) is 20.1. The molecule has 336 valence electrons. The van der Waals surface area contributed by atoms with Crippen molar-refractivity contribution >= 4 is 63.6 Å². The Hall–Kier alpha value is -7.17. The summed E-state index contributed by atoms with van der Waals surface area (Å²) in [4.78, 5) is 90.5. The van der Waals surface area contributed by atoms with Crippen LogP contribution >= 0.6 is 11.6 Å². The van der Waals surface area contributed by atoms with Crippen LogP contribution in [0.5, 0.6) is 11.5 Å². The topological polar surface area (TPSA) is 186 Å². The maximum atomic E-state index is 13.9. The SMILES string of the molecule is CC1c2ccc(N3CCN(Cc4ccc(C(=O)N5CCC[C@@H](Nc6ncnc7[nH]cc(C(=O)c8ccc(Oc9ccccc9)cc8Cl)c67)C5)cn4)CC3)cc2C(=O)N1C1CCC(=O)NC1=O. The van der Waals surface area contributed by atoms with Gasteiger partial charge in [-0.15, -0.1) is 0 Å². The number of aromatic amines is 1. The number of carbonyl (C=O) groups excluding carboxylic acids is 5. The number of H-pyrrole nitrogens is 1. The Morgan fingerprint density at radius 3 is 2.48 bits per heavy atom. The first kappa shape index (κ1) is 42.8. The number of halogens is 1. The molecule has 66 heavy (non-hydrogen) atoms.